The Balaban J connectivity index is 2.15. The van der Waals surface area contributed by atoms with Crippen LogP contribution < -0.4 is 5.32 Å². The lowest BCUT2D eigenvalue weighted by atomic mass is 9.73. The number of aromatic nitrogens is 1. The van der Waals surface area contributed by atoms with Crippen molar-refractivity contribution in [2.45, 2.75) is 51.7 Å². The highest BCUT2D eigenvalue weighted by molar-refractivity contribution is 5.40. The molecule has 0 radical (unpaired) electrons. The zero-order chi connectivity index (χ0) is 14.1. The number of rotatable bonds is 2. The molecule has 106 valence electrons. The minimum atomic E-state index is -4.32. The summed E-state index contributed by atoms with van der Waals surface area (Å²) in [7, 11) is 0. The fourth-order valence-electron chi connectivity index (χ4n) is 2.63. The van der Waals surface area contributed by atoms with Crippen molar-refractivity contribution in [1.29, 1.82) is 0 Å². The van der Waals surface area contributed by atoms with Crippen molar-refractivity contribution in [2.24, 2.45) is 5.41 Å². The highest BCUT2D eigenvalue weighted by atomic mass is 19.4. The van der Waals surface area contributed by atoms with Gasteiger partial charge < -0.3 is 5.32 Å². The summed E-state index contributed by atoms with van der Waals surface area (Å²) in [5.74, 6) is 0.315. The molecule has 1 saturated carbocycles. The van der Waals surface area contributed by atoms with E-state index < -0.39 is 11.7 Å². The topological polar surface area (TPSA) is 24.9 Å². The fraction of sp³-hybridized carbons (Fsp3) is 0.643. The normalized spacial score (nSPS) is 23.1. The Morgan fingerprint density at radius 1 is 1.32 bits per heavy atom. The van der Waals surface area contributed by atoms with Crippen LogP contribution in [0.5, 0.6) is 0 Å². The van der Waals surface area contributed by atoms with Crippen LogP contribution >= 0.6 is 0 Å². The second-order valence-electron chi connectivity index (χ2n) is 5.86. The van der Waals surface area contributed by atoms with Crippen molar-refractivity contribution in [1.82, 2.24) is 4.98 Å². The van der Waals surface area contributed by atoms with Gasteiger partial charge in [0.2, 0.25) is 0 Å². The quantitative estimate of drug-likeness (QED) is 0.858. The monoisotopic (exact) mass is 272 g/mol. The standard InChI is InChI=1S/C14H19F3N2/c1-13(2)7-4-3-5-11(13)19-12-9-10(6-8-18-12)14(15,16)17/h6,8-9,11H,3-5,7H2,1-2H3,(H,18,19). The Morgan fingerprint density at radius 3 is 2.68 bits per heavy atom. The van der Waals surface area contributed by atoms with E-state index in [9.17, 15) is 13.2 Å². The fourth-order valence-corrected chi connectivity index (χ4v) is 2.63. The molecule has 1 aromatic rings. The van der Waals surface area contributed by atoms with Gasteiger partial charge in [-0.2, -0.15) is 13.2 Å². The lowest BCUT2D eigenvalue weighted by Crippen LogP contribution is -2.39. The van der Waals surface area contributed by atoms with Crippen molar-refractivity contribution in [3.8, 4) is 0 Å². The van der Waals surface area contributed by atoms with Crippen LogP contribution in [-0.2, 0) is 6.18 Å². The van der Waals surface area contributed by atoms with Crippen molar-refractivity contribution < 1.29 is 13.2 Å². The van der Waals surface area contributed by atoms with Gasteiger partial charge in [-0.1, -0.05) is 26.7 Å². The van der Waals surface area contributed by atoms with E-state index in [1.54, 1.807) is 0 Å². The van der Waals surface area contributed by atoms with Crippen molar-refractivity contribution >= 4 is 5.82 Å². The molecule has 2 rings (SSSR count). The molecule has 19 heavy (non-hydrogen) atoms. The molecular weight excluding hydrogens is 253 g/mol. The zero-order valence-corrected chi connectivity index (χ0v) is 11.2. The zero-order valence-electron chi connectivity index (χ0n) is 11.2. The molecule has 2 nitrogen and oxygen atoms in total. The predicted octanol–water partition coefficient (Wildman–Crippen LogP) is 4.48. The molecule has 0 bridgehead atoms. The summed E-state index contributed by atoms with van der Waals surface area (Å²) in [5, 5.41) is 3.17. The summed E-state index contributed by atoms with van der Waals surface area (Å²) < 4.78 is 37.9. The highest BCUT2D eigenvalue weighted by Gasteiger charge is 2.34. The minimum absolute atomic E-state index is 0.0914. The average Bonchev–Trinajstić information content (AvgIpc) is 2.31. The van der Waals surface area contributed by atoms with Gasteiger partial charge in [-0.15, -0.1) is 0 Å². The van der Waals surface area contributed by atoms with Crippen LogP contribution in [0.2, 0.25) is 0 Å². The number of alkyl halides is 3. The second kappa shape index (κ2) is 5.02. The van der Waals surface area contributed by atoms with Crippen LogP contribution in [0.1, 0.15) is 45.1 Å². The van der Waals surface area contributed by atoms with E-state index in [1.807, 2.05) is 0 Å². The molecule has 0 aromatic carbocycles. The molecule has 1 heterocycles. The van der Waals surface area contributed by atoms with Crippen molar-refractivity contribution in [2.75, 3.05) is 5.32 Å². The van der Waals surface area contributed by atoms with Crippen LogP contribution in [0, 0.1) is 5.41 Å². The van der Waals surface area contributed by atoms with E-state index in [2.05, 4.69) is 24.1 Å². The Bertz CT molecular complexity index is 441. The van der Waals surface area contributed by atoms with Crippen LogP contribution in [0.3, 0.4) is 0 Å². The molecule has 1 N–H and O–H groups in total. The summed E-state index contributed by atoms with van der Waals surface area (Å²) in [6.45, 7) is 4.30. The van der Waals surface area contributed by atoms with Gasteiger partial charge in [-0.25, -0.2) is 4.98 Å². The number of hydrogen-bond donors (Lipinski definition) is 1. The largest absolute Gasteiger partial charge is 0.416 e. The first-order valence-corrected chi connectivity index (χ1v) is 6.59. The maximum atomic E-state index is 12.6. The maximum absolute atomic E-state index is 12.6. The molecule has 1 aliphatic rings. The van der Waals surface area contributed by atoms with Gasteiger partial charge in [0.05, 0.1) is 5.56 Å². The summed E-state index contributed by atoms with van der Waals surface area (Å²) >= 11 is 0. The first-order valence-electron chi connectivity index (χ1n) is 6.59. The lowest BCUT2D eigenvalue weighted by Gasteiger charge is -2.39. The van der Waals surface area contributed by atoms with Gasteiger partial charge in [0.25, 0.3) is 0 Å². The van der Waals surface area contributed by atoms with E-state index in [0.29, 0.717) is 5.82 Å². The lowest BCUT2D eigenvalue weighted by molar-refractivity contribution is -0.137. The Hall–Kier alpha value is -1.26. The number of pyridine rings is 1. The molecule has 0 aliphatic heterocycles. The first-order chi connectivity index (χ1) is 8.79. The molecule has 0 amide bonds. The van der Waals surface area contributed by atoms with Crippen LogP contribution in [0.25, 0.3) is 0 Å². The van der Waals surface area contributed by atoms with Crippen molar-refractivity contribution in [3.63, 3.8) is 0 Å². The molecule has 0 spiro atoms. The second-order valence-corrected chi connectivity index (χ2v) is 5.86. The van der Waals surface area contributed by atoms with Crippen LogP contribution in [0.4, 0.5) is 19.0 Å². The summed E-state index contributed by atoms with van der Waals surface area (Å²) in [6, 6.07) is 2.26. The molecular formula is C14H19F3N2. The van der Waals surface area contributed by atoms with E-state index in [-0.39, 0.29) is 11.5 Å². The molecule has 0 saturated heterocycles. The molecule has 1 fully saturated rings. The maximum Gasteiger partial charge on any atom is 0.416 e. The SMILES string of the molecule is CC1(C)CCCCC1Nc1cc(C(F)(F)F)ccn1. The number of nitrogens with one attached hydrogen (secondary N) is 1. The van der Waals surface area contributed by atoms with E-state index in [4.69, 9.17) is 0 Å². The number of halogens is 3. The predicted molar refractivity (Wildman–Crippen MR) is 68.9 cm³/mol. The third-order valence-electron chi connectivity index (χ3n) is 3.92. The average molecular weight is 272 g/mol. The first kappa shape index (κ1) is 14.2. The minimum Gasteiger partial charge on any atom is -0.367 e. The number of nitrogens with zero attached hydrogens (tertiary/aromatic N) is 1. The third-order valence-corrected chi connectivity index (χ3v) is 3.92. The Morgan fingerprint density at radius 2 is 2.05 bits per heavy atom. The molecule has 5 heteroatoms. The van der Waals surface area contributed by atoms with Gasteiger partial charge in [0.1, 0.15) is 5.82 Å². The van der Waals surface area contributed by atoms with E-state index in [0.717, 1.165) is 31.4 Å². The van der Waals surface area contributed by atoms with Gasteiger partial charge in [0, 0.05) is 12.2 Å². The highest BCUT2D eigenvalue weighted by Crippen LogP contribution is 2.37. The van der Waals surface area contributed by atoms with Gasteiger partial charge in [-0.05, 0) is 30.4 Å². The van der Waals surface area contributed by atoms with Gasteiger partial charge in [-0.3, -0.25) is 0 Å². The van der Waals surface area contributed by atoms with Crippen LogP contribution in [0.15, 0.2) is 18.3 Å². The Labute approximate surface area is 111 Å². The number of anilines is 1. The molecule has 1 unspecified atom stereocenters. The molecule has 1 aliphatic carbocycles. The van der Waals surface area contributed by atoms with Crippen LogP contribution in [-0.4, -0.2) is 11.0 Å². The third kappa shape index (κ3) is 3.39. The summed E-state index contributed by atoms with van der Waals surface area (Å²) in [4.78, 5) is 4.00. The van der Waals surface area contributed by atoms with Gasteiger partial charge in [0.15, 0.2) is 0 Å². The van der Waals surface area contributed by atoms with Crippen molar-refractivity contribution in [3.05, 3.63) is 23.9 Å². The summed E-state index contributed by atoms with van der Waals surface area (Å²) in [6.07, 6.45) is 1.25. The smallest absolute Gasteiger partial charge is 0.367 e. The molecule has 1 aromatic heterocycles. The van der Waals surface area contributed by atoms with E-state index in [1.165, 1.54) is 12.6 Å². The van der Waals surface area contributed by atoms with E-state index >= 15 is 0 Å². The van der Waals surface area contributed by atoms with Gasteiger partial charge >= 0.3 is 6.18 Å². The summed E-state index contributed by atoms with van der Waals surface area (Å²) in [5.41, 5.74) is -0.563. The number of hydrogen-bond acceptors (Lipinski definition) is 2. The Kier molecular flexibility index (Phi) is 3.74. The molecule has 1 atom stereocenters.